The number of rotatable bonds is 4. The van der Waals surface area contributed by atoms with E-state index in [-0.39, 0.29) is 24.0 Å². The number of aryl methyl sites for hydroxylation is 1. The molecule has 0 bridgehead atoms. The number of aromatic nitrogens is 1. The molecule has 1 saturated carbocycles. The van der Waals surface area contributed by atoms with Crippen LogP contribution in [0.4, 0.5) is 0 Å². The number of ether oxygens (including phenoxy) is 1. The average Bonchev–Trinajstić information content (AvgIpc) is 3.21. The minimum atomic E-state index is -0.0220. The second-order valence-electron chi connectivity index (χ2n) is 8.32. The summed E-state index contributed by atoms with van der Waals surface area (Å²) in [7, 11) is 1.71. The van der Waals surface area contributed by atoms with Crippen LogP contribution in [0.3, 0.4) is 0 Å². The maximum atomic E-state index is 13.1. The predicted molar refractivity (Wildman–Crippen MR) is 108 cm³/mol. The minimum absolute atomic E-state index is 0.0220. The molecule has 28 heavy (non-hydrogen) atoms. The first-order chi connectivity index (χ1) is 13.5. The number of H-pyrrole nitrogens is 1. The Morgan fingerprint density at radius 2 is 1.93 bits per heavy atom. The van der Waals surface area contributed by atoms with Crippen LogP contribution in [0.2, 0.25) is 0 Å². The van der Waals surface area contributed by atoms with Gasteiger partial charge in [-0.2, -0.15) is 0 Å². The summed E-state index contributed by atoms with van der Waals surface area (Å²) in [6, 6.07) is 8.18. The van der Waals surface area contributed by atoms with Gasteiger partial charge in [-0.15, -0.1) is 0 Å². The molecular formula is C22H29N3O3. The molecule has 6 heteroatoms. The van der Waals surface area contributed by atoms with E-state index < -0.39 is 0 Å². The van der Waals surface area contributed by atoms with Crippen molar-refractivity contribution in [3.05, 3.63) is 35.5 Å². The van der Waals surface area contributed by atoms with Gasteiger partial charge in [0.15, 0.2) is 0 Å². The number of nitrogens with zero attached hydrogens (tertiary/aromatic N) is 1. The van der Waals surface area contributed by atoms with Gasteiger partial charge < -0.3 is 19.9 Å². The standard InChI is InChI=1S/C22H29N3O3/c1-13-18(17-6-4-5-7-19(17)23-13)10-22(27)25-11-15-8-20(24-14(2)26)21(28-3)9-16(15)12-25/h4-7,15-16,20-21,23H,8-12H2,1-3H3,(H,24,26)/t15-,16+,20-,21-/m1/s1. The SMILES string of the molecule is CO[C@@H]1C[C@H]2CN(C(=O)Cc3c(C)[nH]c4ccccc34)C[C@H]2C[C@H]1NC(C)=O. The largest absolute Gasteiger partial charge is 0.379 e. The monoisotopic (exact) mass is 383 g/mol. The topological polar surface area (TPSA) is 74.4 Å². The number of nitrogens with one attached hydrogen (secondary N) is 2. The van der Waals surface area contributed by atoms with Crippen molar-refractivity contribution in [2.45, 2.75) is 45.3 Å². The van der Waals surface area contributed by atoms with E-state index in [9.17, 15) is 9.59 Å². The lowest BCUT2D eigenvalue weighted by Gasteiger charge is -2.37. The van der Waals surface area contributed by atoms with Crippen LogP contribution in [-0.4, -0.2) is 54.0 Å². The van der Waals surface area contributed by atoms with E-state index in [4.69, 9.17) is 4.74 Å². The minimum Gasteiger partial charge on any atom is -0.379 e. The molecular weight excluding hydrogens is 354 g/mol. The Morgan fingerprint density at radius 1 is 1.21 bits per heavy atom. The van der Waals surface area contributed by atoms with Gasteiger partial charge in [0.2, 0.25) is 11.8 Å². The average molecular weight is 383 g/mol. The highest BCUT2D eigenvalue weighted by Gasteiger charge is 2.43. The van der Waals surface area contributed by atoms with E-state index in [0.717, 1.165) is 48.1 Å². The summed E-state index contributed by atoms with van der Waals surface area (Å²) in [6.45, 7) is 5.15. The van der Waals surface area contributed by atoms with Crippen LogP contribution in [0, 0.1) is 18.8 Å². The second kappa shape index (κ2) is 7.59. The van der Waals surface area contributed by atoms with Crippen molar-refractivity contribution < 1.29 is 14.3 Å². The Balaban J connectivity index is 1.46. The summed E-state index contributed by atoms with van der Waals surface area (Å²) in [5.41, 5.74) is 3.25. The summed E-state index contributed by atoms with van der Waals surface area (Å²) in [5, 5.41) is 4.17. The zero-order chi connectivity index (χ0) is 19.8. The van der Waals surface area contributed by atoms with E-state index in [1.807, 2.05) is 30.0 Å². The van der Waals surface area contributed by atoms with Crippen molar-refractivity contribution in [3.8, 4) is 0 Å². The molecule has 2 amide bonds. The first-order valence-corrected chi connectivity index (χ1v) is 10.1. The lowest BCUT2D eigenvalue weighted by molar-refractivity contribution is -0.129. The third-order valence-corrected chi connectivity index (χ3v) is 6.52. The molecule has 6 nitrogen and oxygen atoms in total. The fraction of sp³-hybridized carbons (Fsp3) is 0.545. The fourth-order valence-corrected chi connectivity index (χ4v) is 5.12. The summed E-state index contributed by atoms with van der Waals surface area (Å²) >= 11 is 0. The highest BCUT2D eigenvalue weighted by atomic mass is 16.5. The molecule has 0 radical (unpaired) electrons. The van der Waals surface area contributed by atoms with Gasteiger partial charge in [-0.05, 0) is 43.2 Å². The van der Waals surface area contributed by atoms with Gasteiger partial charge in [0.25, 0.3) is 0 Å². The number of amides is 2. The van der Waals surface area contributed by atoms with Gasteiger partial charge >= 0.3 is 0 Å². The van der Waals surface area contributed by atoms with Crippen LogP contribution < -0.4 is 5.32 Å². The molecule has 1 aromatic heterocycles. The van der Waals surface area contributed by atoms with E-state index in [1.54, 1.807) is 14.0 Å². The summed E-state index contributed by atoms with van der Waals surface area (Å²) in [6.07, 6.45) is 2.22. The Hall–Kier alpha value is -2.34. The van der Waals surface area contributed by atoms with Gasteiger partial charge in [0.05, 0.1) is 18.6 Å². The van der Waals surface area contributed by atoms with Gasteiger partial charge in [0, 0.05) is 43.7 Å². The number of hydrogen-bond donors (Lipinski definition) is 2. The zero-order valence-electron chi connectivity index (χ0n) is 16.8. The molecule has 1 aromatic carbocycles. The van der Waals surface area contributed by atoms with Crippen LogP contribution in [-0.2, 0) is 20.7 Å². The molecule has 0 spiro atoms. The van der Waals surface area contributed by atoms with Crippen LogP contribution in [0.25, 0.3) is 10.9 Å². The predicted octanol–water partition coefficient (Wildman–Crippen LogP) is 2.41. The normalized spacial score (nSPS) is 27.0. The number of benzene rings is 1. The second-order valence-corrected chi connectivity index (χ2v) is 8.32. The molecule has 4 atom stereocenters. The van der Waals surface area contributed by atoms with Crippen LogP contribution in [0.1, 0.15) is 31.0 Å². The van der Waals surface area contributed by atoms with E-state index in [2.05, 4.69) is 16.4 Å². The zero-order valence-corrected chi connectivity index (χ0v) is 16.8. The van der Waals surface area contributed by atoms with E-state index in [0.29, 0.717) is 18.3 Å². The number of para-hydroxylation sites is 1. The Morgan fingerprint density at radius 3 is 2.64 bits per heavy atom. The maximum Gasteiger partial charge on any atom is 0.227 e. The van der Waals surface area contributed by atoms with Crippen molar-refractivity contribution in [1.82, 2.24) is 15.2 Å². The van der Waals surface area contributed by atoms with Gasteiger partial charge in [0.1, 0.15) is 0 Å². The van der Waals surface area contributed by atoms with Crippen molar-refractivity contribution in [2.24, 2.45) is 11.8 Å². The quantitative estimate of drug-likeness (QED) is 0.851. The molecule has 0 unspecified atom stereocenters. The summed E-state index contributed by atoms with van der Waals surface area (Å²) in [4.78, 5) is 30.0. The van der Waals surface area contributed by atoms with E-state index >= 15 is 0 Å². The molecule has 2 fully saturated rings. The van der Waals surface area contributed by atoms with Crippen molar-refractivity contribution in [3.63, 3.8) is 0 Å². The van der Waals surface area contributed by atoms with E-state index in [1.165, 1.54) is 0 Å². The molecule has 2 heterocycles. The third kappa shape index (κ3) is 3.53. The highest BCUT2D eigenvalue weighted by molar-refractivity contribution is 5.90. The summed E-state index contributed by atoms with van der Waals surface area (Å²) in [5.74, 6) is 1.04. The number of carbonyl (C=O) groups is 2. The number of methoxy groups -OCH3 is 1. The number of hydrogen-bond acceptors (Lipinski definition) is 3. The van der Waals surface area contributed by atoms with Crippen molar-refractivity contribution >= 4 is 22.7 Å². The highest BCUT2D eigenvalue weighted by Crippen LogP contribution is 2.38. The Kier molecular flexibility index (Phi) is 5.15. The fourth-order valence-electron chi connectivity index (χ4n) is 5.12. The van der Waals surface area contributed by atoms with Crippen molar-refractivity contribution in [1.29, 1.82) is 0 Å². The molecule has 2 aromatic rings. The van der Waals surface area contributed by atoms with Crippen LogP contribution >= 0.6 is 0 Å². The molecule has 2 N–H and O–H groups in total. The van der Waals surface area contributed by atoms with Gasteiger partial charge in [-0.25, -0.2) is 0 Å². The van der Waals surface area contributed by atoms with Gasteiger partial charge in [-0.1, -0.05) is 18.2 Å². The molecule has 1 aliphatic heterocycles. The molecule has 2 aliphatic rings. The Bertz CT molecular complexity index is 890. The molecule has 1 saturated heterocycles. The molecule has 4 rings (SSSR count). The van der Waals surface area contributed by atoms with Crippen LogP contribution in [0.5, 0.6) is 0 Å². The lowest BCUT2D eigenvalue weighted by Crippen LogP contribution is -2.49. The number of likely N-dealkylation sites (tertiary alicyclic amines) is 1. The number of aromatic amines is 1. The third-order valence-electron chi connectivity index (χ3n) is 6.52. The van der Waals surface area contributed by atoms with Crippen molar-refractivity contribution in [2.75, 3.05) is 20.2 Å². The van der Waals surface area contributed by atoms with Crippen LogP contribution in [0.15, 0.2) is 24.3 Å². The summed E-state index contributed by atoms with van der Waals surface area (Å²) < 4.78 is 5.64. The smallest absolute Gasteiger partial charge is 0.227 e. The maximum absolute atomic E-state index is 13.1. The Labute approximate surface area is 165 Å². The number of carbonyl (C=O) groups excluding carboxylic acids is 2. The first kappa shape index (κ1) is 19.0. The lowest BCUT2D eigenvalue weighted by atomic mass is 9.77. The number of fused-ring (bicyclic) bond motifs is 2. The first-order valence-electron chi connectivity index (χ1n) is 10.1. The molecule has 150 valence electrons. The molecule has 1 aliphatic carbocycles. The van der Waals surface area contributed by atoms with Gasteiger partial charge in [-0.3, -0.25) is 9.59 Å².